The third-order valence-corrected chi connectivity index (χ3v) is 4.32. The Morgan fingerprint density at radius 1 is 0.941 bits per heavy atom. The number of nitrogens with zero attached hydrogens (tertiary/aromatic N) is 1. The number of hydrogen-bond donors (Lipinski definition) is 0. The van der Waals surface area contributed by atoms with E-state index in [2.05, 4.69) is 27.6 Å². The highest BCUT2D eigenvalue weighted by atomic mass is 127. The second kappa shape index (κ2) is 5.49. The molecule has 6 heteroatoms. The van der Waals surface area contributed by atoms with Gasteiger partial charge in [-0.25, -0.2) is 4.98 Å². The van der Waals surface area contributed by atoms with Gasteiger partial charge >= 0.3 is 0 Å². The molecule has 0 atom stereocenters. The van der Waals surface area contributed by atoms with Crippen molar-refractivity contribution in [2.45, 2.75) is 0 Å². The summed E-state index contributed by atoms with van der Waals surface area (Å²) in [5.74, 6) is 0. The van der Waals surface area contributed by atoms with Crippen molar-refractivity contribution in [2.24, 2.45) is 0 Å². The second-order valence-electron chi connectivity index (χ2n) is 3.21. The predicted octanol–water partition coefficient (Wildman–Crippen LogP) is 5.97. The van der Waals surface area contributed by atoms with Gasteiger partial charge in [-0.15, -0.1) is 0 Å². The molecule has 1 aromatic carbocycles. The molecule has 1 aromatic heterocycles. The molecule has 2 rings (SSSR count). The largest absolute Gasteiger partial charge is 0.243 e. The van der Waals surface area contributed by atoms with Crippen molar-refractivity contribution >= 4 is 69.0 Å². The average molecular weight is 419 g/mol. The second-order valence-corrected chi connectivity index (χ2v) is 5.98. The molecule has 0 N–H and O–H groups in total. The summed E-state index contributed by atoms with van der Waals surface area (Å²) in [6.45, 7) is 0. The molecule has 1 heterocycles. The summed E-state index contributed by atoms with van der Waals surface area (Å²) in [6, 6.07) is 5.35. The Hall–Kier alpha value is 0.260. The number of pyridine rings is 1. The Bertz CT molecular complexity index is 586. The van der Waals surface area contributed by atoms with Gasteiger partial charge in [-0.2, -0.15) is 0 Å². The van der Waals surface area contributed by atoms with Gasteiger partial charge in [0.05, 0.1) is 15.1 Å². The number of halogens is 5. The van der Waals surface area contributed by atoms with E-state index < -0.39 is 0 Å². The van der Waals surface area contributed by atoms with Crippen molar-refractivity contribution in [3.8, 4) is 11.1 Å². The van der Waals surface area contributed by atoms with Gasteiger partial charge < -0.3 is 0 Å². The van der Waals surface area contributed by atoms with Crippen LogP contribution in [0.15, 0.2) is 24.4 Å². The molecule has 0 bridgehead atoms. The molecule has 0 aliphatic heterocycles. The van der Waals surface area contributed by atoms with Crippen LogP contribution in [0.1, 0.15) is 0 Å². The van der Waals surface area contributed by atoms with Crippen LogP contribution in [0.5, 0.6) is 0 Å². The van der Waals surface area contributed by atoms with Gasteiger partial charge in [0.15, 0.2) is 0 Å². The standard InChI is InChI=1S/C11H4Cl4IN/c12-8-2-1-6(9(13)10(8)14)7-3-5(16)4-17-11(7)15/h1-4H. The molecule has 88 valence electrons. The van der Waals surface area contributed by atoms with E-state index in [0.29, 0.717) is 20.2 Å². The highest BCUT2D eigenvalue weighted by Gasteiger charge is 2.13. The van der Waals surface area contributed by atoms with Crippen LogP contribution in [-0.2, 0) is 0 Å². The molecule has 0 aliphatic carbocycles. The van der Waals surface area contributed by atoms with Crippen LogP contribution in [0.2, 0.25) is 20.2 Å². The van der Waals surface area contributed by atoms with E-state index in [4.69, 9.17) is 46.4 Å². The van der Waals surface area contributed by atoms with E-state index in [9.17, 15) is 0 Å². The minimum absolute atomic E-state index is 0.320. The zero-order valence-corrected chi connectivity index (χ0v) is 13.3. The molecule has 1 nitrogen and oxygen atoms in total. The third-order valence-electron chi connectivity index (χ3n) is 2.13. The Labute approximate surface area is 132 Å². The first kappa shape index (κ1) is 13.7. The van der Waals surface area contributed by atoms with Gasteiger partial charge in [0.1, 0.15) is 5.15 Å². The van der Waals surface area contributed by atoms with Crippen molar-refractivity contribution < 1.29 is 0 Å². The highest BCUT2D eigenvalue weighted by Crippen LogP contribution is 2.40. The van der Waals surface area contributed by atoms with Crippen molar-refractivity contribution in [2.75, 3.05) is 0 Å². The summed E-state index contributed by atoms with van der Waals surface area (Å²) in [7, 11) is 0. The Balaban J connectivity index is 2.69. The molecular weight excluding hydrogens is 415 g/mol. The maximum absolute atomic E-state index is 6.15. The lowest BCUT2D eigenvalue weighted by Gasteiger charge is -2.09. The number of rotatable bonds is 1. The summed E-state index contributed by atoms with van der Waals surface area (Å²) in [4.78, 5) is 4.07. The molecule has 0 saturated heterocycles. The Kier molecular flexibility index (Phi) is 4.42. The van der Waals surface area contributed by atoms with E-state index in [1.807, 2.05) is 6.07 Å². The topological polar surface area (TPSA) is 12.9 Å². The summed E-state index contributed by atoms with van der Waals surface area (Å²) in [5.41, 5.74) is 1.46. The van der Waals surface area contributed by atoms with Gasteiger partial charge in [-0.05, 0) is 34.7 Å². The average Bonchev–Trinajstić information content (AvgIpc) is 2.30. The van der Waals surface area contributed by atoms with Crippen LogP contribution in [0, 0.1) is 3.57 Å². The lowest BCUT2D eigenvalue weighted by Crippen LogP contribution is -1.87. The van der Waals surface area contributed by atoms with E-state index in [1.54, 1.807) is 18.3 Å². The van der Waals surface area contributed by atoms with Gasteiger partial charge in [-0.3, -0.25) is 0 Å². The normalized spacial score (nSPS) is 10.6. The van der Waals surface area contributed by atoms with Crippen molar-refractivity contribution in [1.82, 2.24) is 4.98 Å². The van der Waals surface area contributed by atoms with E-state index in [1.165, 1.54) is 0 Å². The van der Waals surface area contributed by atoms with E-state index >= 15 is 0 Å². The molecule has 0 amide bonds. The fourth-order valence-electron chi connectivity index (χ4n) is 1.35. The van der Waals surface area contributed by atoms with Gasteiger partial charge in [-0.1, -0.05) is 52.5 Å². The SMILES string of the molecule is Clc1ccc(-c2cc(I)cnc2Cl)c(Cl)c1Cl. The van der Waals surface area contributed by atoms with E-state index in [0.717, 1.165) is 14.7 Å². The maximum Gasteiger partial charge on any atom is 0.136 e. The molecule has 0 spiro atoms. The van der Waals surface area contributed by atoms with Crippen molar-refractivity contribution in [1.29, 1.82) is 0 Å². The number of hydrogen-bond acceptors (Lipinski definition) is 1. The first-order valence-corrected chi connectivity index (χ1v) is 7.04. The lowest BCUT2D eigenvalue weighted by atomic mass is 10.1. The van der Waals surface area contributed by atoms with Gasteiger partial charge in [0.2, 0.25) is 0 Å². The van der Waals surface area contributed by atoms with Crippen LogP contribution < -0.4 is 0 Å². The van der Waals surface area contributed by atoms with Crippen LogP contribution in [-0.4, -0.2) is 4.98 Å². The van der Waals surface area contributed by atoms with Crippen LogP contribution in [0.4, 0.5) is 0 Å². The molecule has 0 radical (unpaired) electrons. The number of aromatic nitrogens is 1. The smallest absolute Gasteiger partial charge is 0.136 e. The molecule has 0 saturated carbocycles. The number of benzene rings is 1. The van der Waals surface area contributed by atoms with Crippen molar-refractivity contribution in [3.63, 3.8) is 0 Å². The fraction of sp³-hybridized carbons (Fsp3) is 0. The zero-order chi connectivity index (χ0) is 12.6. The van der Waals surface area contributed by atoms with Crippen LogP contribution >= 0.6 is 69.0 Å². The molecule has 0 fully saturated rings. The molecule has 0 aliphatic rings. The third kappa shape index (κ3) is 2.82. The lowest BCUT2D eigenvalue weighted by molar-refractivity contribution is 1.31. The highest BCUT2D eigenvalue weighted by molar-refractivity contribution is 14.1. The molecule has 0 unspecified atom stereocenters. The Morgan fingerprint density at radius 2 is 1.65 bits per heavy atom. The zero-order valence-electron chi connectivity index (χ0n) is 8.15. The van der Waals surface area contributed by atoms with Crippen LogP contribution in [0.25, 0.3) is 11.1 Å². The molecule has 17 heavy (non-hydrogen) atoms. The summed E-state index contributed by atoms with van der Waals surface area (Å²) < 4.78 is 0.962. The monoisotopic (exact) mass is 417 g/mol. The van der Waals surface area contributed by atoms with Crippen LogP contribution in [0.3, 0.4) is 0 Å². The maximum atomic E-state index is 6.15. The minimum Gasteiger partial charge on any atom is -0.243 e. The predicted molar refractivity (Wildman–Crippen MR) is 82.4 cm³/mol. The van der Waals surface area contributed by atoms with Gasteiger partial charge in [0.25, 0.3) is 0 Å². The Morgan fingerprint density at radius 3 is 2.35 bits per heavy atom. The fourth-order valence-corrected chi connectivity index (χ4v) is 2.64. The summed E-state index contributed by atoms with van der Waals surface area (Å²) in [5, 5.41) is 1.49. The first-order chi connectivity index (χ1) is 8.00. The van der Waals surface area contributed by atoms with E-state index in [-0.39, 0.29) is 0 Å². The molecule has 2 aromatic rings. The minimum atomic E-state index is 0.320. The first-order valence-electron chi connectivity index (χ1n) is 4.45. The van der Waals surface area contributed by atoms with Gasteiger partial charge in [0, 0.05) is 20.9 Å². The van der Waals surface area contributed by atoms with Crippen molar-refractivity contribution in [3.05, 3.63) is 48.2 Å². The summed E-state index contributed by atoms with van der Waals surface area (Å²) in [6.07, 6.45) is 1.68. The summed E-state index contributed by atoms with van der Waals surface area (Å²) >= 11 is 26.2. The molecular formula is C11H4Cl4IN. The quantitative estimate of drug-likeness (QED) is 0.316.